The lowest BCUT2D eigenvalue weighted by atomic mass is 10.1. The van der Waals surface area contributed by atoms with E-state index in [9.17, 15) is 0 Å². The van der Waals surface area contributed by atoms with Crippen molar-refractivity contribution >= 4 is 0 Å². The Morgan fingerprint density at radius 1 is 0.786 bits per heavy atom. The summed E-state index contributed by atoms with van der Waals surface area (Å²) < 4.78 is 0. The van der Waals surface area contributed by atoms with Crippen LogP contribution in [0.1, 0.15) is 80.1 Å². The summed E-state index contributed by atoms with van der Waals surface area (Å²) in [7, 11) is 0. The number of unbranched alkanes of at least 4 members (excludes halogenated alkanes) is 1. The van der Waals surface area contributed by atoms with Crippen LogP contribution in [0, 0.1) is 11.8 Å². The molecular formula is C14H32. The molecule has 1 aliphatic rings. The molecule has 0 amide bonds. The maximum absolute atomic E-state index is 2.35. The first-order valence-electron chi connectivity index (χ1n) is 6.62. The van der Waals surface area contributed by atoms with E-state index < -0.39 is 0 Å². The fourth-order valence-electron chi connectivity index (χ4n) is 1.49. The number of hydrogen-bond acceptors (Lipinski definition) is 0. The Morgan fingerprint density at radius 3 is 1.14 bits per heavy atom. The SMILES string of the molecule is CC1CCC(C)C1.CCC.CCCC. The highest BCUT2D eigenvalue weighted by molar-refractivity contribution is 4.68. The second-order valence-corrected chi connectivity index (χ2v) is 4.73. The van der Waals surface area contributed by atoms with E-state index >= 15 is 0 Å². The lowest BCUT2D eigenvalue weighted by molar-refractivity contribution is 0.555. The van der Waals surface area contributed by atoms with Crippen LogP contribution in [0.25, 0.3) is 0 Å². The third-order valence-electron chi connectivity index (χ3n) is 2.46. The van der Waals surface area contributed by atoms with Gasteiger partial charge in [0.1, 0.15) is 0 Å². The second-order valence-electron chi connectivity index (χ2n) is 4.73. The zero-order chi connectivity index (χ0) is 11.4. The molecule has 1 saturated carbocycles. The van der Waals surface area contributed by atoms with Crippen molar-refractivity contribution in [2.75, 3.05) is 0 Å². The smallest absolute Gasteiger partial charge is 0.0440 e. The molecule has 2 unspecified atom stereocenters. The number of hydrogen-bond donors (Lipinski definition) is 0. The molecule has 0 heteroatoms. The van der Waals surface area contributed by atoms with E-state index in [1.807, 2.05) is 0 Å². The highest BCUT2D eigenvalue weighted by Gasteiger charge is 2.15. The third-order valence-corrected chi connectivity index (χ3v) is 2.46. The van der Waals surface area contributed by atoms with E-state index in [-0.39, 0.29) is 0 Å². The molecule has 0 radical (unpaired) electrons. The fourth-order valence-corrected chi connectivity index (χ4v) is 1.49. The summed E-state index contributed by atoms with van der Waals surface area (Å²) in [6.45, 7) is 13.3. The van der Waals surface area contributed by atoms with Crippen molar-refractivity contribution in [3.63, 3.8) is 0 Å². The highest BCUT2D eigenvalue weighted by atomic mass is 14.2. The third kappa shape index (κ3) is 14.5. The van der Waals surface area contributed by atoms with Gasteiger partial charge in [0.15, 0.2) is 0 Å². The van der Waals surface area contributed by atoms with Gasteiger partial charge in [-0.2, -0.15) is 0 Å². The normalized spacial score (nSPS) is 24.4. The van der Waals surface area contributed by atoms with Crippen molar-refractivity contribution in [2.45, 2.75) is 80.1 Å². The fraction of sp³-hybridized carbons (Fsp3) is 1.00. The van der Waals surface area contributed by atoms with Crippen LogP contribution in [0.2, 0.25) is 0 Å². The van der Waals surface area contributed by atoms with Crippen molar-refractivity contribution in [1.82, 2.24) is 0 Å². The van der Waals surface area contributed by atoms with Crippen LogP contribution in [-0.4, -0.2) is 0 Å². The lowest BCUT2D eigenvalue weighted by Gasteiger charge is -1.96. The average Bonchev–Trinajstić information content (AvgIpc) is 2.52. The molecular weight excluding hydrogens is 168 g/mol. The van der Waals surface area contributed by atoms with Crippen LogP contribution in [0.15, 0.2) is 0 Å². The first-order chi connectivity index (χ1) is 6.62. The summed E-state index contributed by atoms with van der Waals surface area (Å²) in [5.74, 6) is 2.05. The molecule has 0 aromatic rings. The standard InChI is InChI=1S/C7H14.C4H10.C3H8/c1-6-3-4-7(2)5-6;1-3-4-2;1-3-2/h6-7H,3-5H2,1-2H3;3-4H2,1-2H3;3H2,1-2H3. The van der Waals surface area contributed by atoms with Crippen molar-refractivity contribution in [3.8, 4) is 0 Å². The van der Waals surface area contributed by atoms with Crippen LogP contribution >= 0.6 is 0 Å². The van der Waals surface area contributed by atoms with Crippen molar-refractivity contribution < 1.29 is 0 Å². The summed E-state index contributed by atoms with van der Waals surface area (Å²) in [6, 6.07) is 0. The van der Waals surface area contributed by atoms with Crippen LogP contribution in [0.5, 0.6) is 0 Å². The molecule has 0 saturated heterocycles. The van der Waals surface area contributed by atoms with E-state index in [2.05, 4.69) is 41.5 Å². The highest BCUT2D eigenvalue weighted by Crippen LogP contribution is 2.29. The van der Waals surface area contributed by atoms with Gasteiger partial charge in [0.05, 0.1) is 0 Å². The first kappa shape index (κ1) is 16.4. The average molecular weight is 200 g/mol. The molecule has 14 heavy (non-hydrogen) atoms. The molecule has 2 atom stereocenters. The van der Waals surface area contributed by atoms with Gasteiger partial charge in [0.2, 0.25) is 0 Å². The Morgan fingerprint density at radius 2 is 1.07 bits per heavy atom. The molecule has 0 heterocycles. The van der Waals surface area contributed by atoms with Crippen LogP contribution in [0.3, 0.4) is 0 Å². The van der Waals surface area contributed by atoms with Gasteiger partial charge in [-0.3, -0.25) is 0 Å². The van der Waals surface area contributed by atoms with E-state index in [4.69, 9.17) is 0 Å². The zero-order valence-corrected chi connectivity index (χ0v) is 11.4. The summed E-state index contributed by atoms with van der Waals surface area (Å²) in [5.41, 5.74) is 0. The largest absolute Gasteiger partial charge is 0.0656 e. The Hall–Kier alpha value is 0. The van der Waals surface area contributed by atoms with Gasteiger partial charge in [-0.25, -0.2) is 0 Å². The quantitative estimate of drug-likeness (QED) is 0.512. The molecule has 0 spiro atoms. The Labute approximate surface area is 92.5 Å². The molecule has 0 aromatic carbocycles. The van der Waals surface area contributed by atoms with Gasteiger partial charge in [-0.1, -0.05) is 73.6 Å². The minimum Gasteiger partial charge on any atom is -0.0656 e. The van der Waals surface area contributed by atoms with Crippen LogP contribution in [-0.2, 0) is 0 Å². The van der Waals surface area contributed by atoms with Gasteiger partial charge < -0.3 is 0 Å². The topological polar surface area (TPSA) is 0 Å². The maximum Gasteiger partial charge on any atom is -0.0440 e. The van der Waals surface area contributed by atoms with Crippen LogP contribution in [0.4, 0.5) is 0 Å². The van der Waals surface area contributed by atoms with E-state index in [0.717, 1.165) is 11.8 Å². The van der Waals surface area contributed by atoms with E-state index in [1.54, 1.807) is 0 Å². The summed E-state index contributed by atoms with van der Waals surface area (Å²) >= 11 is 0. The lowest BCUT2D eigenvalue weighted by Crippen LogP contribution is -1.84. The second kappa shape index (κ2) is 13.0. The van der Waals surface area contributed by atoms with Gasteiger partial charge >= 0.3 is 0 Å². The predicted octanol–water partition coefficient (Wildman–Crippen LogP) is 5.67. The molecule has 1 rings (SSSR count). The molecule has 1 aliphatic carbocycles. The Balaban J connectivity index is 0. The Bertz CT molecular complexity index is 76.0. The van der Waals surface area contributed by atoms with Crippen molar-refractivity contribution in [1.29, 1.82) is 0 Å². The van der Waals surface area contributed by atoms with Gasteiger partial charge in [-0.05, 0) is 18.3 Å². The van der Waals surface area contributed by atoms with Gasteiger partial charge in [0.25, 0.3) is 0 Å². The number of rotatable bonds is 1. The molecule has 0 aromatic heterocycles. The Kier molecular flexibility index (Phi) is 15.3. The molecule has 88 valence electrons. The molecule has 0 aliphatic heterocycles. The predicted molar refractivity (Wildman–Crippen MR) is 68.7 cm³/mol. The van der Waals surface area contributed by atoms with E-state index in [0.29, 0.717) is 0 Å². The van der Waals surface area contributed by atoms with E-state index in [1.165, 1.54) is 38.5 Å². The molecule has 1 fully saturated rings. The monoisotopic (exact) mass is 200 g/mol. The van der Waals surface area contributed by atoms with Crippen molar-refractivity contribution in [3.05, 3.63) is 0 Å². The minimum atomic E-state index is 1.02. The maximum atomic E-state index is 2.35. The first-order valence-corrected chi connectivity index (χ1v) is 6.62. The zero-order valence-electron chi connectivity index (χ0n) is 11.4. The van der Waals surface area contributed by atoms with Crippen molar-refractivity contribution in [2.24, 2.45) is 11.8 Å². The van der Waals surface area contributed by atoms with Gasteiger partial charge in [0, 0.05) is 0 Å². The van der Waals surface area contributed by atoms with Gasteiger partial charge in [-0.15, -0.1) is 0 Å². The molecule has 0 bridgehead atoms. The summed E-state index contributed by atoms with van der Waals surface area (Å²) in [6.07, 6.45) is 8.31. The molecule has 0 nitrogen and oxygen atoms in total. The van der Waals surface area contributed by atoms with Crippen LogP contribution < -0.4 is 0 Å². The summed E-state index contributed by atoms with van der Waals surface area (Å²) in [4.78, 5) is 0. The minimum absolute atomic E-state index is 1.02. The summed E-state index contributed by atoms with van der Waals surface area (Å²) in [5, 5.41) is 0. The molecule has 0 N–H and O–H groups in total.